The minimum atomic E-state index is -0.432. The molecule has 14 heavy (non-hydrogen) atoms. The Bertz CT molecular complexity index is 394. The number of aryl methyl sites for hydroxylation is 1. The number of nitrogens with zero attached hydrogens (tertiary/aromatic N) is 1. The van der Waals surface area contributed by atoms with Crippen LogP contribution in [0.4, 0.5) is 11.4 Å². The van der Waals surface area contributed by atoms with E-state index in [1.165, 1.54) is 6.07 Å². The molecule has 0 unspecified atom stereocenters. The fourth-order valence-electron chi connectivity index (χ4n) is 1.10. The molecule has 72 valence electrons. The van der Waals surface area contributed by atoms with Gasteiger partial charge in [-0.05, 0) is 18.6 Å². The second-order valence-corrected chi connectivity index (χ2v) is 2.84. The Hall–Kier alpha value is -2.02. The van der Waals surface area contributed by atoms with Crippen LogP contribution >= 0.6 is 0 Å². The van der Waals surface area contributed by atoms with Crippen LogP contribution in [0, 0.1) is 29.4 Å². The highest BCUT2D eigenvalue weighted by Gasteiger charge is 2.11. The summed E-state index contributed by atoms with van der Waals surface area (Å²) in [6.45, 7) is 2.15. The average molecular weight is 190 g/mol. The molecule has 0 fully saturated rings. The first-order valence-electron chi connectivity index (χ1n) is 4.07. The number of anilines is 1. The first-order chi connectivity index (χ1) is 6.65. The summed E-state index contributed by atoms with van der Waals surface area (Å²) in [4.78, 5) is 10.2. The molecule has 1 aromatic rings. The van der Waals surface area contributed by atoms with E-state index in [1.807, 2.05) is 6.92 Å². The maximum absolute atomic E-state index is 10.6. The lowest BCUT2D eigenvalue weighted by molar-refractivity contribution is -0.384. The van der Waals surface area contributed by atoms with Gasteiger partial charge in [-0.25, -0.2) is 0 Å². The van der Waals surface area contributed by atoms with Gasteiger partial charge >= 0.3 is 0 Å². The van der Waals surface area contributed by atoms with E-state index in [1.54, 1.807) is 12.1 Å². The maximum atomic E-state index is 10.6. The van der Waals surface area contributed by atoms with E-state index in [0.717, 1.165) is 5.56 Å². The molecule has 4 nitrogen and oxygen atoms in total. The van der Waals surface area contributed by atoms with Crippen molar-refractivity contribution in [2.24, 2.45) is 0 Å². The van der Waals surface area contributed by atoms with Crippen molar-refractivity contribution in [1.82, 2.24) is 0 Å². The summed E-state index contributed by atoms with van der Waals surface area (Å²) in [7, 11) is 0. The van der Waals surface area contributed by atoms with Gasteiger partial charge in [0.15, 0.2) is 0 Å². The zero-order chi connectivity index (χ0) is 10.6. The molecule has 0 aliphatic carbocycles. The van der Waals surface area contributed by atoms with Crippen LogP contribution in [0.15, 0.2) is 18.2 Å². The predicted octanol–water partition coefficient (Wildman–Crippen LogP) is 1.95. The minimum absolute atomic E-state index is 0.0471. The second-order valence-electron chi connectivity index (χ2n) is 2.84. The van der Waals surface area contributed by atoms with E-state index in [4.69, 9.17) is 6.42 Å². The van der Waals surface area contributed by atoms with Crippen molar-refractivity contribution >= 4 is 11.4 Å². The lowest BCUT2D eigenvalue weighted by Gasteiger charge is -2.04. The molecular formula is C10H10N2O2. The van der Waals surface area contributed by atoms with Crippen LogP contribution in [0.1, 0.15) is 5.56 Å². The normalized spacial score (nSPS) is 9.14. The summed E-state index contributed by atoms with van der Waals surface area (Å²) in [6.07, 6.45) is 5.06. The third-order valence-electron chi connectivity index (χ3n) is 1.73. The van der Waals surface area contributed by atoms with Crippen molar-refractivity contribution in [3.05, 3.63) is 33.9 Å². The van der Waals surface area contributed by atoms with Gasteiger partial charge in [-0.3, -0.25) is 10.1 Å². The summed E-state index contributed by atoms with van der Waals surface area (Å²) in [5, 5.41) is 13.4. The lowest BCUT2D eigenvalue weighted by Crippen LogP contribution is -2.02. The molecule has 0 saturated carbocycles. The van der Waals surface area contributed by atoms with Gasteiger partial charge in [0.25, 0.3) is 5.69 Å². The summed E-state index contributed by atoms with van der Waals surface area (Å²) < 4.78 is 0. The molecule has 0 radical (unpaired) electrons. The molecular weight excluding hydrogens is 180 g/mol. The highest BCUT2D eigenvalue weighted by molar-refractivity contribution is 5.63. The molecule has 0 saturated heterocycles. The van der Waals surface area contributed by atoms with Crippen molar-refractivity contribution in [3.8, 4) is 12.3 Å². The fourth-order valence-corrected chi connectivity index (χ4v) is 1.10. The zero-order valence-corrected chi connectivity index (χ0v) is 7.78. The van der Waals surface area contributed by atoms with Gasteiger partial charge in [-0.1, -0.05) is 12.0 Å². The summed E-state index contributed by atoms with van der Waals surface area (Å²) in [5.41, 5.74) is 1.47. The van der Waals surface area contributed by atoms with Crippen molar-refractivity contribution in [3.63, 3.8) is 0 Å². The quantitative estimate of drug-likeness (QED) is 0.450. The third kappa shape index (κ3) is 2.23. The molecule has 0 atom stereocenters. The Labute approximate surface area is 82.1 Å². The Morgan fingerprint density at radius 2 is 2.36 bits per heavy atom. The Kier molecular flexibility index (Phi) is 3.08. The number of rotatable bonds is 3. The molecule has 4 heteroatoms. The highest BCUT2D eigenvalue weighted by Crippen LogP contribution is 2.24. The molecule has 1 aromatic carbocycles. The number of nitro groups is 1. The summed E-state index contributed by atoms with van der Waals surface area (Å²) in [5.74, 6) is 2.37. The molecule has 0 aliphatic rings. The third-order valence-corrected chi connectivity index (χ3v) is 1.73. The number of nitrogens with one attached hydrogen (secondary N) is 1. The van der Waals surface area contributed by atoms with Gasteiger partial charge in [-0.2, -0.15) is 0 Å². The predicted molar refractivity (Wildman–Crippen MR) is 55.2 cm³/mol. The van der Waals surface area contributed by atoms with Crippen LogP contribution in [0.3, 0.4) is 0 Å². The molecule has 0 amide bonds. The molecule has 1 N–H and O–H groups in total. The summed E-state index contributed by atoms with van der Waals surface area (Å²) >= 11 is 0. The molecule has 0 heterocycles. The average Bonchev–Trinajstić information content (AvgIpc) is 2.14. The molecule has 1 rings (SSSR count). The van der Waals surface area contributed by atoms with Crippen LogP contribution < -0.4 is 5.32 Å². The first kappa shape index (κ1) is 10.1. The Morgan fingerprint density at radius 1 is 1.64 bits per heavy atom. The van der Waals surface area contributed by atoms with Gasteiger partial charge in [0.1, 0.15) is 5.69 Å². The van der Waals surface area contributed by atoms with Crippen LogP contribution in [-0.2, 0) is 0 Å². The van der Waals surface area contributed by atoms with Gasteiger partial charge in [-0.15, -0.1) is 6.42 Å². The molecule has 0 bridgehead atoms. The second kappa shape index (κ2) is 4.28. The van der Waals surface area contributed by atoms with Gasteiger partial charge in [0.2, 0.25) is 0 Å². The topological polar surface area (TPSA) is 55.2 Å². The van der Waals surface area contributed by atoms with E-state index in [9.17, 15) is 10.1 Å². The lowest BCUT2D eigenvalue weighted by atomic mass is 10.2. The highest BCUT2D eigenvalue weighted by atomic mass is 16.6. The zero-order valence-electron chi connectivity index (χ0n) is 7.78. The summed E-state index contributed by atoms with van der Waals surface area (Å²) in [6, 6.07) is 4.86. The first-order valence-corrected chi connectivity index (χ1v) is 4.07. The number of benzene rings is 1. The number of nitro benzene ring substituents is 1. The fraction of sp³-hybridized carbons (Fsp3) is 0.200. The van der Waals surface area contributed by atoms with E-state index >= 15 is 0 Å². The Morgan fingerprint density at radius 3 is 2.93 bits per heavy atom. The number of hydrogen-bond acceptors (Lipinski definition) is 3. The van der Waals surface area contributed by atoms with Crippen LogP contribution in [0.5, 0.6) is 0 Å². The van der Waals surface area contributed by atoms with E-state index in [0.29, 0.717) is 5.69 Å². The van der Waals surface area contributed by atoms with E-state index in [-0.39, 0.29) is 12.2 Å². The Balaban J connectivity index is 3.04. The smallest absolute Gasteiger partial charge is 0.292 e. The standard InChI is InChI=1S/C10H10N2O2/c1-3-6-11-9-7-8(2)4-5-10(9)12(13)14/h1,4-5,7,11H,6H2,2H3. The molecule has 0 spiro atoms. The van der Waals surface area contributed by atoms with Gasteiger partial charge in [0, 0.05) is 6.07 Å². The van der Waals surface area contributed by atoms with Crippen molar-refractivity contribution in [2.45, 2.75) is 6.92 Å². The van der Waals surface area contributed by atoms with Crippen LogP contribution in [0.25, 0.3) is 0 Å². The monoisotopic (exact) mass is 190 g/mol. The van der Waals surface area contributed by atoms with Crippen molar-refractivity contribution in [2.75, 3.05) is 11.9 Å². The van der Waals surface area contributed by atoms with Crippen molar-refractivity contribution < 1.29 is 4.92 Å². The molecule has 0 aromatic heterocycles. The SMILES string of the molecule is C#CCNc1cc(C)ccc1[N+](=O)[O-]. The maximum Gasteiger partial charge on any atom is 0.292 e. The van der Waals surface area contributed by atoms with Crippen molar-refractivity contribution in [1.29, 1.82) is 0 Å². The van der Waals surface area contributed by atoms with E-state index < -0.39 is 4.92 Å². The van der Waals surface area contributed by atoms with Crippen LogP contribution in [-0.4, -0.2) is 11.5 Å². The molecule has 0 aliphatic heterocycles. The van der Waals surface area contributed by atoms with Gasteiger partial charge < -0.3 is 5.32 Å². The van der Waals surface area contributed by atoms with E-state index in [2.05, 4.69) is 11.2 Å². The minimum Gasteiger partial charge on any atom is -0.369 e. The van der Waals surface area contributed by atoms with Gasteiger partial charge in [0.05, 0.1) is 11.5 Å². The number of hydrogen-bond donors (Lipinski definition) is 1. The number of terminal acetylenes is 1. The van der Waals surface area contributed by atoms with Crippen LogP contribution in [0.2, 0.25) is 0 Å². The largest absolute Gasteiger partial charge is 0.369 e.